The van der Waals surface area contributed by atoms with E-state index in [-0.39, 0.29) is 17.1 Å². The number of halogens is 2. The standard InChI is InChI=1S/C12H10F2N2O4/c1-6-9(11(18)19)10(17)16(15-6)7-2-4-8(5-3-7)20-12(13)14/h2-5,9,12H,1H3,(H,18,19). The quantitative estimate of drug-likeness (QED) is 0.854. The Hall–Kier alpha value is -2.51. The highest BCUT2D eigenvalue weighted by Gasteiger charge is 2.39. The van der Waals surface area contributed by atoms with Gasteiger partial charge in [-0.05, 0) is 31.2 Å². The molecule has 0 aliphatic carbocycles. The van der Waals surface area contributed by atoms with E-state index < -0.39 is 24.4 Å². The third kappa shape index (κ3) is 2.58. The summed E-state index contributed by atoms with van der Waals surface area (Å²) >= 11 is 0. The average Bonchev–Trinajstić information content (AvgIpc) is 2.65. The topological polar surface area (TPSA) is 79.2 Å². The van der Waals surface area contributed by atoms with Crippen LogP contribution in [0.15, 0.2) is 29.4 Å². The minimum atomic E-state index is -2.94. The van der Waals surface area contributed by atoms with Crippen LogP contribution in [0, 0.1) is 5.92 Å². The van der Waals surface area contributed by atoms with Gasteiger partial charge in [-0.1, -0.05) is 0 Å². The highest BCUT2D eigenvalue weighted by Crippen LogP contribution is 2.26. The zero-order valence-corrected chi connectivity index (χ0v) is 10.3. The smallest absolute Gasteiger partial charge is 0.387 e. The van der Waals surface area contributed by atoms with Gasteiger partial charge in [0.1, 0.15) is 5.75 Å². The number of aliphatic carboxylic acids is 1. The lowest BCUT2D eigenvalue weighted by Gasteiger charge is -2.13. The Morgan fingerprint density at radius 3 is 2.45 bits per heavy atom. The number of hydrogen-bond donors (Lipinski definition) is 1. The molecule has 6 nitrogen and oxygen atoms in total. The minimum absolute atomic E-state index is 0.0640. The number of carbonyl (C=O) groups excluding carboxylic acids is 1. The van der Waals surface area contributed by atoms with Gasteiger partial charge in [-0.15, -0.1) is 0 Å². The van der Waals surface area contributed by atoms with Gasteiger partial charge < -0.3 is 9.84 Å². The zero-order chi connectivity index (χ0) is 14.9. The largest absolute Gasteiger partial charge is 0.480 e. The number of ether oxygens (including phenoxy) is 1. The molecule has 0 spiro atoms. The summed E-state index contributed by atoms with van der Waals surface area (Å²) in [5.74, 6) is -3.35. The van der Waals surface area contributed by atoms with Gasteiger partial charge in [0, 0.05) is 0 Å². The molecule has 0 aromatic heterocycles. The highest BCUT2D eigenvalue weighted by molar-refractivity contribution is 6.25. The second kappa shape index (κ2) is 5.24. The van der Waals surface area contributed by atoms with Gasteiger partial charge in [0.2, 0.25) is 0 Å². The van der Waals surface area contributed by atoms with Crippen molar-refractivity contribution in [2.75, 3.05) is 5.01 Å². The molecule has 0 saturated carbocycles. The van der Waals surface area contributed by atoms with E-state index in [0.717, 1.165) is 5.01 Å². The number of alkyl halides is 2. The number of anilines is 1. The first-order chi connectivity index (χ1) is 9.40. The zero-order valence-electron chi connectivity index (χ0n) is 10.3. The summed E-state index contributed by atoms with van der Waals surface area (Å²) in [5, 5.41) is 13.7. The molecule has 1 aromatic carbocycles. The molecular weight excluding hydrogens is 274 g/mol. The van der Waals surface area contributed by atoms with Gasteiger partial charge in [-0.2, -0.15) is 18.9 Å². The van der Waals surface area contributed by atoms with Crippen molar-refractivity contribution in [1.29, 1.82) is 0 Å². The van der Waals surface area contributed by atoms with Crippen LogP contribution in [-0.4, -0.2) is 29.3 Å². The summed E-state index contributed by atoms with van der Waals surface area (Å²) in [7, 11) is 0. The van der Waals surface area contributed by atoms with Gasteiger partial charge in [-0.25, -0.2) is 0 Å². The number of rotatable bonds is 4. The average molecular weight is 284 g/mol. The van der Waals surface area contributed by atoms with Crippen molar-refractivity contribution in [2.45, 2.75) is 13.5 Å². The van der Waals surface area contributed by atoms with Crippen LogP contribution in [0.3, 0.4) is 0 Å². The summed E-state index contributed by atoms with van der Waals surface area (Å²) in [6.07, 6.45) is 0. The molecule has 1 aromatic rings. The van der Waals surface area contributed by atoms with Crippen molar-refractivity contribution < 1.29 is 28.2 Å². The Labute approximate surface area is 112 Å². The van der Waals surface area contributed by atoms with E-state index in [9.17, 15) is 18.4 Å². The lowest BCUT2D eigenvalue weighted by molar-refractivity contribution is -0.142. The maximum atomic E-state index is 12.0. The molecule has 1 N–H and O–H groups in total. The molecule has 1 aliphatic heterocycles. The lowest BCUT2D eigenvalue weighted by atomic mass is 10.1. The number of hydrazone groups is 1. The molecule has 1 unspecified atom stereocenters. The van der Waals surface area contributed by atoms with E-state index in [1.54, 1.807) is 0 Å². The fraction of sp³-hybridized carbons (Fsp3) is 0.250. The first-order valence-corrected chi connectivity index (χ1v) is 5.57. The van der Waals surface area contributed by atoms with Crippen LogP contribution in [0.1, 0.15) is 6.92 Å². The number of nitrogens with zero attached hydrogens (tertiary/aromatic N) is 2. The van der Waals surface area contributed by atoms with Gasteiger partial charge in [0.25, 0.3) is 5.91 Å². The summed E-state index contributed by atoms with van der Waals surface area (Å²) in [5.41, 5.74) is 0.440. The van der Waals surface area contributed by atoms with Crippen molar-refractivity contribution in [3.05, 3.63) is 24.3 Å². The van der Waals surface area contributed by atoms with Crippen LogP contribution < -0.4 is 9.75 Å². The molecule has 1 amide bonds. The third-order valence-corrected chi connectivity index (χ3v) is 2.68. The van der Waals surface area contributed by atoms with Gasteiger partial charge in [-0.3, -0.25) is 9.59 Å². The van der Waals surface area contributed by atoms with Gasteiger partial charge >= 0.3 is 12.6 Å². The Morgan fingerprint density at radius 1 is 1.40 bits per heavy atom. The molecule has 0 bridgehead atoms. The molecule has 2 rings (SSSR count). The second-order valence-corrected chi connectivity index (χ2v) is 4.04. The number of benzene rings is 1. The molecule has 0 radical (unpaired) electrons. The number of amides is 1. The second-order valence-electron chi connectivity index (χ2n) is 4.04. The summed E-state index contributed by atoms with van der Waals surface area (Å²) in [6.45, 7) is -1.50. The Balaban J connectivity index is 2.21. The molecule has 0 saturated heterocycles. The number of carboxylic acids is 1. The maximum absolute atomic E-state index is 12.0. The van der Waals surface area contributed by atoms with Crippen molar-refractivity contribution in [3.8, 4) is 5.75 Å². The SMILES string of the molecule is CC1=NN(c2ccc(OC(F)F)cc2)C(=O)C1C(=O)O. The van der Waals surface area contributed by atoms with Crippen LogP contribution >= 0.6 is 0 Å². The van der Waals surface area contributed by atoms with E-state index in [0.29, 0.717) is 0 Å². The Kier molecular flexibility index (Phi) is 3.64. The molecule has 8 heteroatoms. The maximum Gasteiger partial charge on any atom is 0.387 e. The van der Waals surface area contributed by atoms with Crippen LogP contribution in [0.2, 0.25) is 0 Å². The number of carboxylic acid groups (broad SMARTS) is 1. The predicted molar refractivity (Wildman–Crippen MR) is 64.8 cm³/mol. The van der Waals surface area contributed by atoms with Gasteiger partial charge in [0.15, 0.2) is 5.92 Å². The monoisotopic (exact) mass is 284 g/mol. The Bertz CT molecular complexity index is 571. The van der Waals surface area contributed by atoms with Crippen LogP contribution in [0.4, 0.5) is 14.5 Å². The van der Waals surface area contributed by atoms with Crippen LogP contribution in [-0.2, 0) is 9.59 Å². The molecular formula is C12H10F2N2O4. The number of carbonyl (C=O) groups is 2. The molecule has 1 aliphatic rings. The van der Waals surface area contributed by atoms with Crippen molar-refractivity contribution >= 4 is 23.3 Å². The van der Waals surface area contributed by atoms with Crippen LogP contribution in [0.5, 0.6) is 5.75 Å². The third-order valence-electron chi connectivity index (χ3n) is 2.68. The first-order valence-electron chi connectivity index (χ1n) is 5.57. The molecule has 106 valence electrons. The van der Waals surface area contributed by atoms with E-state index >= 15 is 0 Å². The lowest BCUT2D eigenvalue weighted by Crippen LogP contribution is -2.32. The summed E-state index contributed by atoms with van der Waals surface area (Å²) < 4.78 is 28.2. The van der Waals surface area contributed by atoms with E-state index in [1.807, 2.05) is 0 Å². The summed E-state index contributed by atoms with van der Waals surface area (Å²) in [4.78, 5) is 22.8. The van der Waals surface area contributed by atoms with Crippen molar-refractivity contribution in [2.24, 2.45) is 11.0 Å². The fourth-order valence-corrected chi connectivity index (χ4v) is 1.80. The Morgan fingerprint density at radius 2 is 2.00 bits per heavy atom. The van der Waals surface area contributed by atoms with Gasteiger partial charge in [0.05, 0.1) is 11.4 Å². The van der Waals surface area contributed by atoms with Crippen molar-refractivity contribution in [1.82, 2.24) is 0 Å². The molecule has 0 fully saturated rings. The highest BCUT2D eigenvalue weighted by atomic mass is 19.3. The van der Waals surface area contributed by atoms with Crippen LogP contribution in [0.25, 0.3) is 0 Å². The first kappa shape index (κ1) is 13.9. The number of hydrogen-bond acceptors (Lipinski definition) is 4. The molecule has 1 atom stereocenters. The van der Waals surface area contributed by atoms with Crippen molar-refractivity contribution in [3.63, 3.8) is 0 Å². The molecule has 20 heavy (non-hydrogen) atoms. The normalized spacial score (nSPS) is 18.4. The molecule has 1 heterocycles. The predicted octanol–water partition coefficient (Wildman–Crippen LogP) is 1.71. The van der Waals surface area contributed by atoms with E-state index in [2.05, 4.69) is 9.84 Å². The fourth-order valence-electron chi connectivity index (χ4n) is 1.80. The van der Waals surface area contributed by atoms with E-state index in [1.165, 1.54) is 31.2 Å². The summed E-state index contributed by atoms with van der Waals surface area (Å²) in [6, 6.07) is 5.18. The van der Waals surface area contributed by atoms with E-state index in [4.69, 9.17) is 5.11 Å². The minimum Gasteiger partial charge on any atom is -0.480 e.